The Morgan fingerprint density at radius 3 is 2.88 bits per heavy atom. The molecule has 2 aromatic heterocycles. The number of nitrogens with two attached hydrogens (primary N) is 1. The lowest BCUT2D eigenvalue weighted by Crippen LogP contribution is -2.14. The lowest BCUT2D eigenvalue weighted by Gasteiger charge is -2.05. The maximum Gasteiger partial charge on any atom is 0.250 e. The number of hydrogen-bond donors (Lipinski definition) is 1. The number of rotatable bonds is 1. The Morgan fingerprint density at radius 2 is 2.19 bits per heavy atom. The highest BCUT2D eigenvalue weighted by atomic mass is 35.5. The van der Waals surface area contributed by atoms with Crippen molar-refractivity contribution in [3.8, 4) is 11.3 Å². The highest BCUT2D eigenvalue weighted by molar-refractivity contribution is 6.32. The van der Waals surface area contributed by atoms with Crippen molar-refractivity contribution < 1.29 is 0 Å². The molecule has 0 unspecified atom stereocenters. The molecule has 0 saturated heterocycles. The number of nitrogens with zero attached hydrogens (tertiary/aromatic N) is 3. The zero-order valence-corrected chi connectivity index (χ0v) is 9.27. The summed E-state index contributed by atoms with van der Waals surface area (Å²) in [4.78, 5) is 19.0. The summed E-state index contributed by atoms with van der Waals surface area (Å²) in [6, 6.07) is 3.10. The monoisotopic (exact) mass is 236 g/mol. The van der Waals surface area contributed by atoms with E-state index in [0.717, 1.165) is 5.56 Å². The van der Waals surface area contributed by atoms with E-state index in [2.05, 4.69) is 9.97 Å². The van der Waals surface area contributed by atoms with Gasteiger partial charge in [0.25, 0.3) is 0 Å². The van der Waals surface area contributed by atoms with Crippen molar-refractivity contribution in [1.29, 1.82) is 0 Å². The largest absolute Gasteiger partial charge is 0.368 e. The molecule has 2 aromatic rings. The third-order valence-electron chi connectivity index (χ3n) is 2.12. The molecule has 0 aliphatic heterocycles. The van der Waals surface area contributed by atoms with Gasteiger partial charge in [0.2, 0.25) is 11.5 Å². The second-order valence-electron chi connectivity index (χ2n) is 3.29. The van der Waals surface area contributed by atoms with E-state index < -0.39 is 0 Å². The van der Waals surface area contributed by atoms with Gasteiger partial charge in [0, 0.05) is 24.9 Å². The summed E-state index contributed by atoms with van der Waals surface area (Å²) in [5.41, 5.74) is 6.63. The van der Waals surface area contributed by atoms with Crippen LogP contribution in [0.5, 0.6) is 0 Å². The molecular formula is C10H9ClN4O. The Morgan fingerprint density at radius 1 is 1.44 bits per heavy atom. The molecule has 16 heavy (non-hydrogen) atoms. The molecule has 5 nitrogen and oxygen atoms in total. The molecule has 0 aromatic carbocycles. The van der Waals surface area contributed by atoms with Gasteiger partial charge in [-0.05, 0) is 6.07 Å². The van der Waals surface area contributed by atoms with Crippen LogP contribution in [-0.4, -0.2) is 14.5 Å². The quantitative estimate of drug-likeness (QED) is 0.804. The maximum atomic E-state index is 11.2. The fourth-order valence-electron chi connectivity index (χ4n) is 1.32. The summed E-state index contributed by atoms with van der Waals surface area (Å²) in [5, 5.41) is 0.396. The van der Waals surface area contributed by atoms with Gasteiger partial charge in [0.05, 0.1) is 16.9 Å². The van der Waals surface area contributed by atoms with E-state index in [-0.39, 0.29) is 11.5 Å². The Labute approximate surface area is 96.5 Å². The molecule has 0 saturated carbocycles. The minimum atomic E-state index is -0.0955. The first kappa shape index (κ1) is 10.6. The smallest absolute Gasteiger partial charge is 0.250 e. The van der Waals surface area contributed by atoms with Gasteiger partial charge in [-0.1, -0.05) is 11.6 Å². The minimum absolute atomic E-state index is 0.0955. The molecule has 82 valence electrons. The Bertz CT molecular complexity index is 594. The Balaban J connectivity index is 2.62. The van der Waals surface area contributed by atoms with Crippen LogP contribution in [0.1, 0.15) is 0 Å². The second-order valence-corrected chi connectivity index (χ2v) is 3.70. The number of pyridine rings is 1. The van der Waals surface area contributed by atoms with E-state index in [1.807, 2.05) is 0 Å². The van der Waals surface area contributed by atoms with E-state index in [1.54, 1.807) is 19.3 Å². The molecule has 2 rings (SSSR count). The van der Waals surface area contributed by atoms with Crippen LogP contribution in [0.4, 0.5) is 5.95 Å². The van der Waals surface area contributed by atoms with Crippen molar-refractivity contribution in [3.63, 3.8) is 0 Å². The van der Waals surface area contributed by atoms with Gasteiger partial charge < -0.3 is 10.3 Å². The topological polar surface area (TPSA) is 73.8 Å². The molecular weight excluding hydrogens is 228 g/mol. The fraction of sp³-hybridized carbons (Fsp3) is 0.100. The summed E-state index contributed by atoms with van der Waals surface area (Å²) in [5.74, 6) is 0.147. The standard InChI is InChI=1S/C10H9ClN4O/c1-15-5-6(2-3-8(15)16)9-7(11)4-13-10(12)14-9/h2-5H,1H3,(H2,12,13,14). The van der Waals surface area contributed by atoms with Crippen LogP contribution in [0.25, 0.3) is 11.3 Å². The van der Waals surface area contributed by atoms with Gasteiger partial charge in [-0.3, -0.25) is 4.79 Å². The zero-order valence-electron chi connectivity index (χ0n) is 8.51. The van der Waals surface area contributed by atoms with E-state index in [1.165, 1.54) is 16.8 Å². The van der Waals surface area contributed by atoms with Crippen LogP contribution < -0.4 is 11.3 Å². The Kier molecular flexibility index (Phi) is 2.62. The van der Waals surface area contributed by atoms with Gasteiger partial charge >= 0.3 is 0 Å². The molecule has 0 aliphatic rings. The van der Waals surface area contributed by atoms with Crippen molar-refractivity contribution in [2.45, 2.75) is 0 Å². The maximum absolute atomic E-state index is 11.2. The van der Waals surface area contributed by atoms with Gasteiger partial charge in [0.15, 0.2) is 0 Å². The third-order valence-corrected chi connectivity index (χ3v) is 2.40. The molecule has 0 fully saturated rings. The fourth-order valence-corrected chi connectivity index (χ4v) is 1.52. The predicted molar refractivity (Wildman–Crippen MR) is 62.1 cm³/mol. The normalized spacial score (nSPS) is 10.4. The first-order valence-electron chi connectivity index (χ1n) is 4.53. The van der Waals surface area contributed by atoms with Crippen molar-refractivity contribution in [1.82, 2.24) is 14.5 Å². The number of halogens is 1. The lowest BCUT2D eigenvalue weighted by atomic mass is 10.2. The molecule has 6 heteroatoms. The number of aryl methyl sites for hydroxylation is 1. The van der Waals surface area contributed by atoms with Crippen LogP contribution in [0, 0.1) is 0 Å². The molecule has 2 heterocycles. The molecule has 0 bridgehead atoms. The summed E-state index contributed by atoms with van der Waals surface area (Å²) in [6.07, 6.45) is 3.08. The molecule has 0 aliphatic carbocycles. The van der Waals surface area contributed by atoms with Crippen LogP contribution in [-0.2, 0) is 7.05 Å². The summed E-state index contributed by atoms with van der Waals surface area (Å²) >= 11 is 5.95. The summed E-state index contributed by atoms with van der Waals surface area (Å²) in [7, 11) is 1.66. The Hall–Kier alpha value is -1.88. The highest BCUT2D eigenvalue weighted by Crippen LogP contribution is 2.24. The molecule has 0 spiro atoms. The molecule has 0 atom stereocenters. The SMILES string of the molecule is Cn1cc(-c2nc(N)ncc2Cl)ccc1=O. The van der Waals surface area contributed by atoms with Crippen molar-refractivity contribution in [3.05, 3.63) is 39.9 Å². The van der Waals surface area contributed by atoms with Crippen LogP contribution in [0.15, 0.2) is 29.3 Å². The van der Waals surface area contributed by atoms with Gasteiger partial charge in [-0.2, -0.15) is 0 Å². The van der Waals surface area contributed by atoms with E-state index in [0.29, 0.717) is 10.7 Å². The number of anilines is 1. The number of aromatic nitrogens is 3. The molecule has 0 amide bonds. The average Bonchev–Trinajstić information content (AvgIpc) is 2.26. The second kappa shape index (κ2) is 3.94. The first-order valence-corrected chi connectivity index (χ1v) is 4.91. The van der Waals surface area contributed by atoms with Crippen molar-refractivity contribution >= 4 is 17.5 Å². The van der Waals surface area contributed by atoms with Crippen LogP contribution in [0.2, 0.25) is 5.02 Å². The molecule has 2 N–H and O–H groups in total. The van der Waals surface area contributed by atoms with Crippen LogP contribution >= 0.6 is 11.6 Å². The third kappa shape index (κ3) is 1.90. The van der Waals surface area contributed by atoms with Gasteiger partial charge in [0.1, 0.15) is 0 Å². The summed E-state index contributed by atoms with van der Waals surface area (Å²) < 4.78 is 1.45. The van der Waals surface area contributed by atoms with Gasteiger partial charge in [-0.25, -0.2) is 9.97 Å². The van der Waals surface area contributed by atoms with E-state index >= 15 is 0 Å². The van der Waals surface area contributed by atoms with Crippen LogP contribution in [0.3, 0.4) is 0 Å². The molecule has 0 radical (unpaired) electrons. The van der Waals surface area contributed by atoms with E-state index in [9.17, 15) is 4.79 Å². The van der Waals surface area contributed by atoms with Crippen molar-refractivity contribution in [2.24, 2.45) is 7.05 Å². The average molecular weight is 237 g/mol. The van der Waals surface area contributed by atoms with E-state index in [4.69, 9.17) is 17.3 Å². The minimum Gasteiger partial charge on any atom is -0.368 e. The lowest BCUT2D eigenvalue weighted by molar-refractivity contribution is 0.861. The van der Waals surface area contributed by atoms with Gasteiger partial charge in [-0.15, -0.1) is 0 Å². The highest BCUT2D eigenvalue weighted by Gasteiger charge is 2.07. The number of hydrogen-bond acceptors (Lipinski definition) is 4. The first-order chi connectivity index (χ1) is 7.58. The van der Waals surface area contributed by atoms with Crippen molar-refractivity contribution in [2.75, 3.05) is 5.73 Å². The summed E-state index contributed by atoms with van der Waals surface area (Å²) in [6.45, 7) is 0. The predicted octanol–water partition coefficient (Wildman–Crippen LogP) is 1.08. The number of nitrogen functional groups attached to an aromatic ring is 1. The zero-order chi connectivity index (χ0) is 11.7.